The van der Waals surface area contributed by atoms with Gasteiger partial charge in [0.25, 0.3) is 0 Å². The third-order valence-electron chi connectivity index (χ3n) is 6.38. The molecular weight excluding hydrogens is 374 g/mol. The van der Waals surface area contributed by atoms with Crippen LogP contribution in [0.25, 0.3) is 11.2 Å². The lowest BCUT2D eigenvalue weighted by Gasteiger charge is -2.34. The molecule has 3 aromatic rings. The smallest absolute Gasteiger partial charge is 0.166 e. The fraction of sp³-hybridized carbons (Fsp3) is 0.542. The van der Waals surface area contributed by atoms with E-state index in [0.717, 1.165) is 42.7 Å². The number of imidazole rings is 1. The van der Waals surface area contributed by atoms with Gasteiger partial charge in [0.2, 0.25) is 0 Å². The van der Waals surface area contributed by atoms with E-state index < -0.39 is 5.60 Å². The molecule has 2 N–H and O–H groups in total. The van der Waals surface area contributed by atoms with E-state index in [2.05, 4.69) is 47.8 Å². The Morgan fingerprint density at radius 3 is 2.67 bits per heavy atom. The van der Waals surface area contributed by atoms with Crippen LogP contribution in [0.2, 0.25) is 0 Å². The Kier molecular flexibility index (Phi) is 6.04. The SMILES string of the molecule is CCC(CC)Nc1nc([C@]2(O)CCC[C@@H](C)C2)nc2c1ncn2Cc1ccccc1. The maximum Gasteiger partial charge on any atom is 0.166 e. The Bertz CT molecular complexity index is 982. The second kappa shape index (κ2) is 8.72. The molecule has 0 aliphatic heterocycles. The molecule has 0 amide bonds. The number of nitrogens with one attached hydrogen (secondary N) is 1. The van der Waals surface area contributed by atoms with E-state index >= 15 is 0 Å². The van der Waals surface area contributed by atoms with Gasteiger partial charge >= 0.3 is 0 Å². The van der Waals surface area contributed by atoms with Gasteiger partial charge in [0.05, 0.1) is 12.9 Å². The van der Waals surface area contributed by atoms with Gasteiger partial charge < -0.3 is 15.0 Å². The van der Waals surface area contributed by atoms with Crippen LogP contribution in [0.3, 0.4) is 0 Å². The highest BCUT2D eigenvalue weighted by Gasteiger charge is 2.38. The molecule has 1 aromatic carbocycles. The number of aliphatic hydroxyl groups is 1. The van der Waals surface area contributed by atoms with Gasteiger partial charge in [0, 0.05) is 6.04 Å². The van der Waals surface area contributed by atoms with Crippen LogP contribution in [0.4, 0.5) is 5.82 Å². The van der Waals surface area contributed by atoms with E-state index in [1.54, 1.807) is 0 Å². The van der Waals surface area contributed by atoms with E-state index in [1.165, 1.54) is 5.56 Å². The molecule has 0 saturated heterocycles. The lowest BCUT2D eigenvalue weighted by molar-refractivity contribution is -0.0253. The summed E-state index contributed by atoms with van der Waals surface area (Å²) in [4.78, 5) is 14.4. The van der Waals surface area contributed by atoms with E-state index in [-0.39, 0.29) is 0 Å². The first kappa shape index (κ1) is 20.8. The Morgan fingerprint density at radius 1 is 1.20 bits per heavy atom. The van der Waals surface area contributed by atoms with Crippen LogP contribution in [0.15, 0.2) is 36.7 Å². The van der Waals surface area contributed by atoms with Crippen LogP contribution < -0.4 is 5.32 Å². The van der Waals surface area contributed by atoms with Crippen LogP contribution in [0, 0.1) is 5.92 Å². The summed E-state index contributed by atoms with van der Waals surface area (Å²) in [7, 11) is 0. The third-order valence-corrected chi connectivity index (χ3v) is 6.38. The van der Waals surface area contributed by atoms with Crippen LogP contribution >= 0.6 is 0 Å². The van der Waals surface area contributed by atoms with Crippen molar-refractivity contribution in [3.05, 3.63) is 48.0 Å². The van der Waals surface area contributed by atoms with E-state index in [4.69, 9.17) is 9.97 Å². The lowest BCUT2D eigenvalue weighted by atomic mass is 9.78. The first-order chi connectivity index (χ1) is 14.5. The third kappa shape index (κ3) is 4.19. The number of benzene rings is 1. The summed E-state index contributed by atoms with van der Waals surface area (Å²) in [5.74, 6) is 1.74. The molecule has 6 nitrogen and oxygen atoms in total. The first-order valence-corrected chi connectivity index (χ1v) is 11.3. The average Bonchev–Trinajstić information content (AvgIpc) is 3.15. The maximum absolute atomic E-state index is 11.5. The van der Waals surface area contributed by atoms with Crippen LogP contribution in [0.1, 0.15) is 70.7 Å². The molecule has 0 bridgehead atoms. The summed E-state index contributed by atoms with van der Waals surface area (Å²) in [5.41, 5.74) is 1.77. The maximum atomic E-state index is 11.5. The fourth-order valence-corrected chi connectivity index (χ4v) is 4.56. The predicted molar refractivity (Wildman–Crippen MR) is 120 cm³/mol. The Balaban J connectivity index is 1.80. The van der Waals surface area contributed by atoms with Gasteiger partial charge in [0.1, 0.15) is 11.1 Å². The van der Waals surface area contributed by atoms with Crippen LogP contribution in [-0.4, -0.2) is 30.7 Å². The van der Waals surface area contributed by atoms with Gasteiger partial charge in [-0.15, -0.1) is 0 Å². The number of nitrogens with zero attached hydrogens (tertiary/aromatic N) is 4. The fourth-order valence-electron chi connectivity index (χ4n) is 4.56. The van der Waals surface area contributed by atoms with Gasteiger partial charge in [-0.2, -0.15) is 0 Å². The number of anilines is 1. The molecule has 160 valence electrons. The molecule has 0 radical (unpaired) electrons. The van der Waals surface area contributed by atoms with Gasteiger partial charge in [-0.1, -0.05) is 57.5 Å². The molecule has 2 aromatic heterocycles. The van der Waals surface area contributed by atoms with Gasteiger partial charge in [-0.05, 0) is 43.6 Å². The van der Waals surface area contributed by atoms with E-state index in [9.17, 15) is 5.11 Å². The molecular formula is C24H33N5O. The Hall–Kier alpha value is -2.47. The number of hydrogen-bond acceptors (Lipinski definition) is 5. The second-order valence-corrected chi connectivity index (χ2v) is 8.82. The molecule has 4 rings (SSSR count). The molecule has 2 atom stereocenters. The van der Waals surface area contributed by atoms with Crippen LogP contribution in [-0.2, 0) is 12.1 Å². The minimum absolute atomic E-state index is 0.315. The Labute approximate surface area is 178 Å². The number of hydrogen-bond donors (Lipinski definition) is 2. The Morgan fingerprint density at radius 2 is 1.97 bits per heavy atom. The number of rotatable bonds is 7. The summed E-state index contributed by atoms with van der Waals surface area (Å²) in [6, 6.07) is 10.6. The van der Waals surface area contributed by atoms with E-state index in [0.29, 0.717) is 37.2 Å². The summed E-state index contributed by atoms with van der Waals surface area (Å²) in [6.07, 6.45) is 7.40. The molecule has 30 heavy (non-hydrogen) atoms. The number of fused-ring (bicyclic) bond motifs is 1. The zero-order valence-electron chi connectivity index (χ0n) is 18.3. The van der Waals surface area contributed by atoms with Crippen molar-refractivity contribution < 1.29 is 5.11 Å². The summed E-state index contributed by atoms with van der Waals surface area (Å²) in [6.45, 7) is 7.23. The monoisotopic (exact) mass is 407 g/mol. The summed E-state index contributed by atoms with van der Waals surface area (Å²) >= 11 is 0. The first-order valence-electron chi connectivity index (χ1n) is 11.3. The molecule has 1 aliphatic rings. The van der Waals surface area contributed by atoms with Gasteiger partial charge in [0.15, 0.2) is 17.3 Å². The highest BCUT2D eigenvalue weighted by molar-refractivity contribution is 5.83. The normalized spacial score (nSPS) is 22.0. The lowest BCUT2D eigenvalue weighted by Crippen LogP contribution is -2.34. The predicted octanol–water partition coefficient (Wildman–Crippen LogP) is 4.87. The molecule has 0 spiro atoms. The zero-order valence-corrected chi connectivity index (χ0v) is 18.3. The van der Waals surface area contributed by atoms with Crippen molar-refractivity contribution in [1.29, 1.82) is 0 Å². The molecule has 6 heteroatoms. The largest absolute Gasteiger partial charge is 0.382 e. The van der Waals surface area contributed by atoms with Crippen molar-refractivity contribution in [2.45, 2.75) is 77.5 Å². The molecule has 1 saturated carbocycles. The second-order valence-electron chi connectivity index (χ2n) is 8.82. The van der Waals surface area contributed by atoms with Crippen molar-refractivity contribution in [1.82, 2.24) is 19.5 Å². The van der Waals surface area contributed by atoms with E-state index in [1.807, 2.05) is 24.5 Å². The number of aromatic nitrogens is 4. The van der Waals surface area contributed by atoms with Crippen molar-refractivity contribution in [3.63, 3.8) is 0 Å². The molecule has 2 heterocycles. The highest BCUT2D eigenvalue weighted by Crippen LogP contribution is 2.39. The topological polar surface area (TPSA) is 75.9 Å². The highest BCUT2D eigenvalue weighted by atomic mass is 16.3. The quantitative estimate of drug-likeness (QED) is 0.584. The zero-order chi connectivity index (χ0) is 21.1. The van der Waals surface area contributed by atoms with Gasteiger partial charge in [-0.25, -0.2) is 15.0 Å². The van der Waals surface area contributed by atoms with Gasteiger partial charge in [-0.3, -0.25) is 0 Å². The van der Waals surface area contributed by atoms with Crippen molar-refractivity contribution in [2.24, 2.45) is 5.92 Å². The van der Waals surface area contributed by atoms with Crippen LogP contribution in [0.5, 0.6) is 0 Å². The van der Waals surface area contributed by atoms with Crippen molar-refractivity contribution >= 4 is 17.0 Å². The summed E-state index contributed by atoms with van der Waals surface area (Å²) < 4.78 is 2.06. The molecule has 1 aliphatic carbocycles. The minimum Gasteiger partial charge on any atom is -0.382 e. The molecule has 0 unspecified atom stereocenters. The standard InChI is InChI=1S/C24H33N5O/c1-4-19(5-2)26-21-20-22(29(16-25-20)15-18-11-7-6-8-12-18)28-23(27-21)24(30)13-9-10-17(3)14-24/h6-8,11-12,16-17,19,30H,4-5,9-10,13-15H2,1-3H3,(H,26,27,28)/t17-,24+/m1/s1. The van der Waals surface area contributed by atoms with Crippen molar-refractivity contribution in [2.75, 3.05) is 5.32 Å². The molecule has 1 fully saturated rings. The summed E-state index contributed by atoms with van der Waals surface area (Å²) in [5, 5.41) is 15.0. The minimum atomic E-state index is -0.974. The van der Waals surface area contributed by atoms with Crippen molar-refractivity contribution in [3.8, 4) is 0 Å². The average molecular weight is 408 g/mol.